The summed E-state index contributed by atoms with van der Waals surface area (Å²) in [4.78, 5) is 4.74. The van der Waals surface area contributed by atoms with E-state index in [1.165, 1.54) is 0 Å². The molecule has 1 heterocycles. The van der Waals surface area contributed by atoms with E-state index in [-0.39, 0.29) is 0 Å². The molecule has 5 heteroatoms. The third-order valence-electron chi connectivity index (χ3n) is 2.47. The second-order valence-electron chi connectivity index (χ2n) is 4.04. The Balaban J connectivity index is 2.22. The van der Waals surface area contributed by atoms with E-state index in [9.17, 15) is 4.21 Å². The molecule has 1 atom stereocenters. The van der Waals surface area contributed by atoms with E-state index in [1.807, 2.05) is 31.2 Å². The topological polar surface area (TPSA) is 56.0 Å². The van der Waals surface area contributed by atoms with Gasteiger partial charge in [0.05, 0.1) is 21.4 Å². The average molecular weight is 325 g/mol. The second kappa shape index (κ2) is 5.63. The van der Waals surface area contributed by atoms with Gasteiger partial charge in [0.2, 0.25) is 0 Å². The Hall–Kier alpha value is -1.20. The van der Waals surface area contributed by atoms with Crippen molar-refractivity contribution in [2.75, 3.05) is 5.73 Å². The molecule has 2 N–H and O–H groups in total. The van der Waals surface area contributed by atoms with Crippen molar-refractivity contribution >= 4 is 32.4 Å². The van der Waals surface area contributed by atoms with Gasteiger partial charge in [-0.25, -0.2) is 0 Å². The number of nitrogens with two attached hydrogens (primary N) is 1. The first kappa shape index (κ1) is 13.2. The van der Waals surface area contributed by atoms with Crippen molar-refractivity contribution in [1.29, 1.82) is 0 Å². The SMILES string of the molecule is Cc1ccc(S(=O)Cc2cncc(Br)c2)c(N)c1. The Kier molecular flexibility index (Phi) is 4.14. The zero-order valence-corrected chi connectivity index (χ0v) is 12.3. The minimum Gasteiger partial charge on any atom is -0.398 e. The number of pyridine rings is 1. The van der Waals surface area contributed by atoms with Crippen molar-refractivity contribution in [3.63, 3.8) is 0 Å². The number of nitrogens with zero attached hydrogens (tertiary/aromatic N) is 1. The highest BCUT2D eigenvalue weighted by atomic mass is 79.9. The summed E-state index contributed by atoms with van der Waals surface area (Å²) in [5.41, 5.74) is 8.45. The molecule has 0 bridgehead atoms. The van der Waals surface area contributed by atoms with Crippen LogP contribution in [0.3, 0.4) is 0 Å². The molecule has 0 fully saturated rings. The van der Waals surface area contributed by atoms with Crippen molar-refractivity contribution in [3.8, 4) is 0 Å². The quantitative estimate of drug-likeness (QED) is 0.883. The molecule has 0 saturated heterocycles. The first-order valence-corrected chi connectivity index (χ1v) is 7.51. The third kappa shape index (κ3) is 3.17. The van der Waals surface area contributed by atoms with Crippen LogP contribution < -0.4 is 5.73 Å². The van der Waals surface area contributed by atoms with Crippen LogP contribution in [0.5, 0.6) is 0 Å². The van der Waals surface area contributed by atoms with Gasteiger partial charge in [0, 0.05) is 22.6 Å². The van der Waals surface area contributed by atoms with Gasteiger partial charge in [-0.1, -0.05) is 6.07 Å². The van der Waals surface area contributed by atoms with Gasteiger partial charge in [0.15, 0.2) is 0 Å². The lowest BCUT2D eigenvalue weighted by molar-refractivity contribution is 0.683. The maximum Gasteiger partial charge on any atom is 0.0621 e. The molecule has 0 radical (unpaired) electrons. The van der Waals surface area contributed by atoms with E-state index in [4.69, 9.17) is 5.73 Å². The maximum atomic E-state index is 12.2. The number of nitrogen functional groups attached to an aromatic ring is 1. The molecule has 1 aromatic heterocycles. The van der Waals surface area contributed by atoms with Gasteiger partial charge >= 0.3 is 0 Å². The van der Waals surface area contributed by atoms with Gasteiger partial charge in [-0.3, -0.25) is 9.19 Å². The number of halogens is 1. The van der Waals surface area contributed by atoms with Gasteiger partial charge in [-0.05, 0) is 52.2 Å². The van der Waals surface area contributed by atoms with Gasteiger partial charge in [-0.2, -0.15) is 0 Å². The molecule has 0 saturated carbocycles. The number of benzene rings is 1. The van der Waals surface area contributed by atoms with Crippen LogP contribution in [-0.2, 0) is 16.6 Å². The van der Waals surface area contributed by atoms with E-state index in [0.29, 0.717) is 16.3 Å². The van der Waals surface area contributed by atoms with Crippen molar-refractivity contribution in [1.82, 2.24) is 4.98 Å². The summed E-state index contributed by atoms with van der Waals surface area (Å²) in [6.07, 6.45) is 3.42. The van der Waals surface area contributed by atoms with Crippen LogP contribution in [-0.4, -0.2) is 9.19 Å². The Morgan fingerprint density at radius 2 is 2.11 bits per heavy atom. The number of hydrogen-bond acceptors (Lipinski definition) is 3. The zero-order chi connectivity index (χ0) is 13.1. The summed E-state index contributed by atoms with van der Waals surface area (Å²) < 4.78 is 13.1. The average Bonchev–Trinajstić information content (AvgIpc) is 2.28. The van der Waals surface area contributed by atoms with E-state index >= 15 is 0 Å². The van der Waals surface area contributed by atoms with Crippen molar-refractivity contribution in [2.24, 2.45) is 0 Å². The fourth-order valence-corrected chi connectivity index (χ4v) is 3.21. The summed E-state index contributed by atoms with van der Waals surface area (Å²) in [6.45, 7) is 1.96. The smallest absolute Gasteiger partial charge is 0.0621 e. The largest absolute Gasteiger partial charge is 0.398 e. The second-order valence-corrected chi connectivity index (χ2v) is 6.38. The normalized spacial score (nSPS) is 12.3. The van der Waals surface area contributed by atoms with Crippen LogP contribution in [0.4, 0.5) is 5.69 Å². The molecule has 0 spiro atoms. The third-order valence-corrected chi connectivity index (χ3v) is 4.36. The van der Waals surface area contributed by atoms with E-state index in [0.717, 1.165) is 15.6 Å². The van der Waals surface area contributed by atoms with Crippen LogP contribution in [0.25, 0.3) is 0 Å². The van der Waals surface area contributed by atoms with E-state index in [2.05, 4.69) is 20.9 Å². The van der Waals surface area contributed by atoms with Crippen LogP contribution in [0.2, 0.25) is 0 Å². The van der Waals surface area contributed by atoms with Gasteiger partial charge in [0.25, 0.3) is 0 Å². The zero-order valence-electron chi connectivity index (χ0n) is 9.89. The fraction of sp³-hybridized carbons (Fsp3) is 0.154. The maximum absolute atomic E-state index is 12.2. The first-order chi connectivity index (χ1) is 8.56. The number of anilines is 1. The molecule has 1 unspecified atom stereocenters. The predicted octanol–water partition coefficient (Wildman–Crippen LogP) is 3.04. The molecular weight excluding hydrogens is 312 g/mol. The van der Waals surface area contributed by atoms with Crippen molar-refractivity contribution < 1.29 is 4.21 Å². The molecule has 2 rings (SSSR count). The minimum absolute atomic E-state index is 0.416. The Morgan fingerprint density at radius 1 is 1.33 bits per heavy atom. The van der Waals surface area contributed by atoms with Crippen molar-refractivity contribution in [3.05, 3.63) is 52.3 Å². The molecule has 18 heavy (non-hydrogen) atoms. The molecule has 0 aliphatic rings. The highest BCUT2D eigenvalue weighted by Gasteiger charge is 2.09. The number of aromatic nitrogens is 1. The minimum atomic E-state index is -1.15. The summed E-state index contributed by atoms with van der Waals surface area (Å²) in [6, 6.07) is 7.50. The molecule has 1 aromatic carbocycles. The standard InChI is InChI=1S/C13H13BrN2OS/c1-9-2-3-13(12(15)4-9)18(17)8-10-5-11(14)7-16-6-10/h2-7H,8,15H2,1H3. The highest BCUT2D eigenvalue weighted by Crippen LogP contribution is 2.21. The van der Waals surface area contributed by atoms with Gasteiger partial charge in [0.1, 0.15) is 0 Å². The van der Waals surface area contributed by atoms with E-state index in [1.54, 1.807) is 12.4 Å². The fourth-order valence-electron chi connectivity index (χ4n) is 1.64. The molecule has 94 valence electrons. The molecule has 0 aliphatic carbocycles. The van der Waals surface area contributed by atoms with Gasteiger partial charge < -0.3 is 5.73 Å². The highest BCUT2D eigenvalue weighted by molar-refractivity contribution is 9.10. The summed E-state index contributed by atoms with van der Waals surface area (Å²) in [5, 5.41) is 0. The Labute approximate surface area is 117 Å². The van der Waals surface area contributed by atoms with Crippen LogP contribution >= 0.6 is 15.9 Å². The van der Waals surface area contributed by atoms with Crippen LogP contribution in [0, 0.1) is 6.92 Å². The van der Waals surface area contributed by atoms with Crippen LogP contribution in [0.15, 0.2) is 46.0 Å². The predicted molar refractivity (Wildman–Crippen MR) is 77.6 cm³/mol. The lowest BCUT2D eigenvalue weighted by atomic mass is 10.2. The molecule has 0 amide bonds. The molecule has 2 aromatic rings. The van der Waals surface area contributed by atoms with Gasteiger partial charge in [-0.15, -0.1) is 0 Å². The lowest BCUT2D eigenvalue weighted by Crippen LogP contribution is -2.01. The molecular formula is C13H13BrN2OS. The monoisotopic (exact) mass is 324 g/mol. The Bertz CT molecular complexity index is 601. The Morgan fingerprint density at radius 3 is 2.78 bits per heavy atom. The number of hydrogen-bond donors (Lipinski definition) is 1. The first-order valence-electron chi connectivity index (χ1n) is 5.40. The summed E-state index contributed by atoms with van der Waals surface area (Å²) in [7, 11) is -1.15. The van der Waals surface area contributed by atoms with Crippen molar-refractivity contribution in [2.45, 2.75) is 17.6 Å². The number of aryl methyl sites for hydroxylation is 1. The summed E-state index contributed by atoms with van der Waals surface area (Å²) in [5.74, 6) is 0.416. The van der Waals surface area contributed by atoms with Crippen LogP contribution in [0.1, 0.15) is 11.1 Å². The summed E-state index contributed by atoms with van der Waals surface area (Å²) >= 11 is 3.35. The lowest BCUT2D eigenvalue weighted by Gasteiger charge is -2.07. The van der Waals surface area contributed by atoms with E-state index < -0.39 is 10.8 Å². The number of rotatable bonds is 3. The molecule has 3 nitrogen and oxygen atoms in total. The molecule has 0 aliphatic heterocycles.